The van der Waals surface area contributed by atoms with E-state index in [9.17, 15) is 0 Å². The van der Waals surface area contributed by atoms with Crippen LogP contribution < -0.4 is 10.7 Å². The Hall–Kier alpha value is -1.24. The monoisotopic (exact) mass is 140 g/mol. The van der Waals surface area contributed by atoms with Gasteiger partial charge in [-0.25, -0.2) is 0 Å². The Morgan fingerprint density at radius 1 is 1.60 bits per heavy atom. The first-order chi connectivity index (χ1) is 4.70. The lowest BCUT2D eigenvalue weighted by atomic mass is 10.4. The predicted molar refractivity (Wildman–Crippen MR) is 41.4 cm³/mol. The fourth-order valence-electron chi connectivity index (χ4n) is 0.473. The molecule has 0 saturated carbocycles. The Morgan fingerprint density at radius 3 is 2.50 bits per heavy atom. The van der Waals surface area contributed by atoms with Crippen molar-refractivity contribution < 1.29 is 0 Å². The van der Waals surface area contributed by atoms with Crippen molar-refractivity contribution in [2.24, 2.45) is 4.99 Å². The average molecular weight is 140 g/mol. The van der Waals surface area contributed by atoms with E-state index in [0.29, 0.717) is 12.0 Å². The first-order valence-corrected chi connectivity index (χ1v) is 3.06. The third kappa shape index (κ3) is 3.72. The number of aliphatic imine (C=N–C) groups is 1. The highest BCUT2D eigenvalue weighted by Gasteiger charge is 1.98. The first kappa shape index (κ1) is 8.76. The summed E-state index contributed by atoms with van der Waals surface area (Å²) in [6.07, 6.45) is 0. The van der Waals surface area contributed by atoms with Crippen LogP contribution in [0, 0.1) is 6.57 Å². The van der Waals surface area contributed by atoms with E-state index >= 15 is 0 Å². The molecule has 0 aromatic carbocycles. The summed E-state index contributed by atoms with van der Waals surface area (Å²) in [5.41, 5.74) is 2.39. The van der Waals surface area contributed by atoms with E-state index in [0.717, 1.165) is 0 Å². The van der Waals surface area contributed by atoms with Gasteiger partial charge in [0.1, 0.15) is 0 Å². The molecule has 4 nitrogen and oxygen atoms in total. The van der Waals surface area contributed by atoms with E-state index in [2.05, 4.69) is 20.7 Å². The predicted octanol–water partition coefficient (Wildman–Crippen LogP) is 0.394. The second-order valence-corrected chi connectivity index (χ2v) is 2.09. The second kappa shape index (κ2) is 4.62. The van der Waals surface area contributed by atoms with E-state index in [1.165, 1.54) is 0 Å². The van der Waals surface area contributed by atoms with Crippen LogP contribution in [0.3, 0.4) is 0 Å². The molecule has 0 bridgehead atoms. The molecule has 0 rings (SSSR count). The van der Waals surface area contributed by atoms with Crippen molar-refractivity contribution in [2.75, 3.05) is 7.05 Å². The van der Waals surface area contributed by atoms with E-state index in [4.69, 9.17) is 6.57 Å². The van der Waals surface area contributed by atoms with Gasteiger partial charge in [0.2, 0.25) is 0 Å². The second-order valence-electron chi connectivity index (χ2n) is 2.09. The largest absolute Gasteiger partial charge is 0.349 e. The number of hydrogen-bond donors (Lipinski definition) is 2. The van der Waals surface area contributed by atoms with Crippen molar-refractivity contribution in [3.63, 3.8) is 0 Å². The van der Waals surface area contributed by atoms with Crippen molar-refractivity contribution in [1.82, 2.24) is 10.7 Å². The topological polar surface area (TPSA) is 40.8 Å². The summed E-state index contributed by atoms with van der Waals surface area (Å²) < 4.78 is 0. The van der Waals surface area contributed by atoms with Gasteiger partial charge in [0, 0.05) is 13.1 Å². The van der Waals surface area contributed by atoms with E-state index in [1.54, 1.807) is 7.05 Å². The molecule has 0 aliphatic heterocycles. The highest BCUT2D eigenvalue weighted by molar-refractivity contribution is 5.80. The number of nitrogens with zero attached hydrogens (tertiary/aromatic N) is 2. The Balaban J connectivity index is 3.76. The van der Waals surface area contributed by atoms with Crippen LogP contribution >= 0.6 is 0 Å². The molecule has 0 atom stereocenters. The van der Waals surface area contributed by atoms with Crippen LogP contribution in [0.2, 0.25) is 0 Å². The van der Waals surface area contributed by atoms with Gasteiger partial charge in [-0.15, -0.1) is 0 Å². The maximum atomic E-state index is 6.47. The van der Waals surface area contributed by atoms with Crippen LogP contribution in [0.4, 0.5) is 0 Å². The van der Waals surface area contributed by atoms with Gasteiger partial charge in [0.25, 0.3) is 5.96 Å². The molecule has 0 aromatic heterocycles. The molecule has 2 N–H and O–H groups in total. The minimum Gasteiger partial charge on any atom is -0.349 e. The van der Waals surface area contributed by atoms with Crippen molar-refractivity contribution in [3.8, 4) is 0 Å². The van der Waals surface area contributed by atoms with Crippen LogP contribution in [0.15, 0.2) is 4.99 Å². The van der Waals surface area contributed by atoms with Gasteiger partial charge < -0.3 is 5.32 Å². The highest BCUT2D eigenvalue weighted by Crippen LogP contribution is 1.75. The quantitative estimate of drug-likeness (QED) is 0.239. The van der Waals surface area contributed by atoms with Crippen molar-refractivity contribution in [3.05, 3.63) is 11.5 Å². The third-order valence-electron chi connectivity index (χ3n) is 0.811. The summed E-state index contributed by atoms with van der Waals surface area (Å²) in [5.74, 6) is 0.519. The standard InChI is InChI=1S/C6H12N4/c1-5(2)9-6(7-3)10-8-4/h5H,1-3H3,(H2,7,9,10). The molecule has 0 fully saturated rings. The zero-order valence-electron chi connectivity index (χ0n) is 6.47. The van der Waals surface area contributed by atoms with Gasteiger partial charge in [-0.3, -0.25) is 4.99 Å². The Kier molecular flexibility index (Phi) is 4.05. The lowest BCUT2D eigenvalue weighted by molar-refractivity contribution is 0.717. The Labute approximate surface area is 61.1 Å². The smallest absolute Gasteiger partial charge is 0.262 e. The summed E-state index contributed by atoms with van der Waals surface area (Å²) >= 11 is 0. The van der Waals surface area contributed by atoms with Crippen molar-refractivity contribution in [1.29, 1.82) is 0 Å². The molecule has 4 heteroatoms. The minimum absolute atomic E-state index is 0.299. The van der Waals surface area contributed by atoms with Crippen LogP contribution in [-0.2, 0) is 0 Å². The van der Waals surface area contributed by atoms with E-state index in [-0.39, 0.29) is 0 Å². The van der Waals surface area contributed by atoms with Gasteiger partial charge in [-0.2, -0.15) is 11.5 Å². The fourth-order valence-corrected chi connectivity index (χ4v) is 0.473. The number of hydrogen-bond acceptors (Lipinski definition) is 1. The molecule has 56 valence electrons. The zero-order valence-corrected chi connectivity index (χ0v) is 6.47. The fraction of sp³-hybridized carbons (Fsp3) is 0.667. The molecule has 0 unspecified atom stereocenters. The van der Waals surface area contributed by atoms with Crippen LogP contribution in [0.5, 0.6) is 0 Å². The first-order valence-electron chi connectivity index (χ1n) is 3.06. The Bertz CT molecular complexity index is 154. The zero-order chi connectivity index (χ0) is 7.98. The van der Waals surface area contributed by atoms with Crippen LogP contribution in [0.1, 0.15) is 13.8 Å². The average Bonchev–Trinajstić information content (AvgIpc) is 1.86. The summed E-state index contributed by atoms with van der Waals surface area (Å²) in [4.78, 5) is 6.77. The molecule has 0 radical (unpaired) electrons. The van der Waals surface area contributed by atoms with Gasteiger partial charge >= 0.3 is 0 Å². The summed E-state index contributed by atoms with van der Waals surface area (Å²) in [6.45, 7) is 10.4. The van der Waals surface area contributed by atoms with Crippen LogP contribution in [0.25, 0.3) is 4.95 Å². The number of nitrogens with one attached hydrogen (secondary N) is 2. The minimum atomic E-state index is 0.299. The van der Waals surface area contributed by atoms with Gasteiger partial charge in [0.15, 0.2) is 0 Å². The molecular weight excluding hydrogens is 128 g/mol. The van der Waals surface area contributed by atoms with Gasteiger partial charge in [0.05, 0.1) is 0 Å². The molecule has 0 aliphatic carbocycles. The van der Waals surface area contributed by atoms with Gasteiger partial charge in [-0.05, 0) is 13.8 Å². The van der Waals surface area contributed by atoms with Crippen molar-refractivity contribution >= 4 is 5.96 Å². The molecule has 0 aromatic rings. The molecule has 0 heterocycles. The summed E-state index contributed by atoms with van der Waals surface area (Å²) in [7, 11) is 1.63. The molecule has 0 saturated heterocycles. The van der Waals surface area contributed by atoms with Crippen LogP contribution in [-0.4, -0.2) is 19.0 Å². The summed E-state index contributed by atoms with van der Waals surface area (Å²) in [5, 5.41) is 2.96. The van der Waals surface area contributed by atoms with Gasteiger partial charge in [-0.1, -0.05) is 5.43 Å². The molecule has 0 spiro atoms. The summed E-state index contributed by atoms with van der Waals surface area (Å²) in [6, 6.07) is 0.299. The lowest BCUT2D eigenvalue weighted by Gasteiger charge is -2.06. The highest BCUT2D eigenvalue weighted by atomic mass is 15.4. The Morgan fingerprint density at radius 2 is 2.20 bits per heavy atom. The molecule has 10 heavy (non-hydrogen) atoms. The van der Waals surface area contributed by atoms with E-state index < -0.39 is 0 Å². The maximum absolute atomic E-state index is 6.47. The van der Waals surface area contributed by atoms with Crippen molar-refractivity contribution in [2.45, 2.75) is 19.9 Å². The molecule has 0 amide bonds. The normalized spacial score (nSPS) is 10.9. The number of rotatable bonds is 1. The molecular formula is C6H12N4. The lowest BCUT2D eigenvalue weighted by Crippen LogP contribution is -2.37. The van der Waals surface area contributed by atoms with E-state index in [1.807, 2.05) is 13.8 Å². The molecule has 0 aliphatic rings. The number of guanidine groups is 1. The maximum Gasteiger partial charge on any atom is 0.262 e. The third-order valence-corrected chi connectivity index (χ3v) is 0.811. The SMILES string of the molecule is [C-]#[N+]NC(=NC)NC(C)C.